The normalized spacial score (nSPS) is 32.4. The second-order valence-electron chi connectivity index (χ2n) is 7.38. The number of hydrogen-bond acceptors (Lipinski definition) is 4. The lowest BCUT2D eigenvalue weighted by Crippen LogP contribution is -2.32. The Morgan fingerprint density at radius 1 is 0.958 bits per heavy atom. The van der Waals surface area contributed by atoms with E-state index in [1.54, 1.807) is 20.8 Å². The molecule has 24 heavy (non-hydrogen) atoms. The van der Waals surface area contributed by atoms with Crippen LogP contribution in [0.15, 0.2) is 24.3 Å². The quantitative estimate of drug-likeness (QED) is 0.575. The first-order chi connectivity index (χ1) is 11.3. The molecule has 5 unspecified atom stereocenters. The number of fused-ring (bicyclic) bond motifs is 5. The molecule has 0 aliphatic heterocycles. The molecule has 0 saturated heterocycles. The maximum Gasteiger partial charge on any atom is 0.333 e. The summed E-state index contributed by atoms with van der Waals surface area (Å²) in [6.45, 7) is 12.6. The summed E-state index contributed by atoms with van der Waals surface area (Å²) in [7, 11) is 0. The van der Waals surface area contributed by atoms with Crippen molar-refractivity contribution in [3.05, 3.63) is 24.3 Å². The molecule has 3 fully saturated rings. The molecular formula is C20H30O4. The molecule has 5 atom stereocenters. The van der Waals surface area contributed by atoms with Gasteiger partial charge in [0.2, 0.25) is 0 Å². The van der Waals surface area contributed by atoms with Crippen LogP contribution in [0.25, 0.3) is 0 Å². The lowest BCUT2D eigenvalue weighted by atomic mass is 9.80. The van der Waals surface area contributed by atoms with Crippen molar-refractivity contribution in [3.8, 4) is 0 Å². The van der Waals surface area contributed by atoms with Crippen LogP contribution < -0.4 is 0 Å². The van der Waals surface area contributed by atoms with E-state index in [1.165, 1.54) is 25.7 Å². The Bertz CT molecular complexity index is 522. The second-order valence-corrected chi connectivity index (χ2v) is 7.38. The highest BCUT2D eigenvalue weighted by Crippen LogP contribution is 2.59. The molecule has 0 aromatic carbocycles. The Morgan fingerprint density at radius 3 is 2.12 bits per heavy atom. The van der Waals surface area contributed by atoms with Gasteiger partial charge >= 0.3 is 11.9 Å². The maximum atomic E-state index is 11.5. The van der Waals surface area contributed by atoms with Gasteiger partial charge in [0.25, 0.3) is 0 Å². The minimum Gasteiger partial charge on any atom is -0.463 e. The predicted molar refractivity (Wildman–Crippen MR) is 93.2 cm³/mol. The van der Waals surface area contributed by atoms with E-state index < -0.39 is 0 Å². The van der Waals surface area contributed by atoms with Gasteiger partial charge in [-0.05, 0) is 70.1 Å². The first-order valence-electron chi connectivity index (χ1n) is 9.04. The molecule has 0 radical (unpaired) electrons. The Labute approximate surface area is 145 Å². The van der Waals surface area contributed by atoms with E-state index in [0.717, 1.165) is 24.2 Å². The van der Waals surface area contributed by atoms with Crippen molar-refractivity contribution in [1.82, 2.24) is 0 Å². The molecule has 3 rings (SSSR count). The van der Waals surface area contributed by atoms with Crippen LogP contribution >= 0.6 is 0 Å². The monoisotopic (exact) mass is 334 g/mol. The van der Waals surface area contributed by atoms with Crippen molar-refractivity contribution in [2.75, 3.05) is 6.61 Å². The van der Waals surface area contributed by atoms with E-state index in [-0.39, 0.29) is 18.0 Å². The lowest BCUT2D eigenvalue weighted by molar-refractivity contribution is -0.148. The molecule has 4 nitrogen and oxygen atoms in total. The highest BCUT2D eigenvalue weighted by Gasteiger charge is 2.55. The fourth-order valence-corrected chi connectivity index (χ4v) is 4.63. The molecule has 0 aromatic heterocycles. The average Bonchev–Trinajstić information content (AvgIpc) is 3.20. The van der Waals surface area contributed by atoms with Crippen LogP contribution in [0.1, 0.15) is 52.9 Å². The minimum atomic E-state index is -0.312. The predicted octanol–water partition coefficient (Wildman–Crippen LogP) is 4.06. The fraction of sp³-hybridized carbons (Fsp3) is 0.700. The lowest BCUT2D eigenvalue weighted by Gasteiger charge is -2.31. The molecule has 2 bridgehead atoms. The number of rotatable bonds is 4. The highest BCUT2D eigenvalue weighted by molar-refractivity contribution is 5.87. The molecular weight excluding hydrogens is 304 g/mol. The zero-order valence-electron chi connectivity index (χ0n) is 15.2. The molecule has 3 aliphatic rings. The molecule has 0 N–H and O–H groups in total. The third kappa shape index (κ3) is 4.08. The van der Waals surface area contributed by atoms with Crippen LogP contribution in [0.5, 0.6) is 0 Å². The third-order valence-corrected chi connectivity index (χ3v) is 5.60. The third-order valence-electron chi connectivity index (χ3n) is 5.60. The molecule has 0 amide bonds. The van der Waals surface area contributed by atoms with Crippen LogP contribution in [0.2, 0.25) is 0 Å². The van der Waals surface area contributed by atoms with Gasteiger partial charge in [0, 0.05) is 11.1 Å². The minimum absolute atomic E-state index is 0.188. The van der Waals surface area contributed by atoms with Gasteiger partial charge in [-0.2, -0.15) is 0 Å². The topological polar surface area (TPSA) is 52.6 Å². The van der Waals surface area contributed by atoms with E-state index in [1.807, 2.05) is 0 Å². The van der Waals surface area contributed by atoms with E-state index in [0.29, 0.717) is 23.7 Å². The first kappa shape index (κ1) is 18.8. The van der Waals surface area contributed by atoms with Crippen molar-refractivity contribution in [1.29, 1.82) is 0 Å². The number of ether oxygens (including phenoxy) is 2. The van der Waals surface area contributed by atoms with Gasteiger partial charge in [0.05, 0.1) is 6.61 Å². The highest BCUT2D eigenvalue weighted by atomic mass is 16.5. The SMILES string of the molecule is C=C(C)C(=O)OC1CC2CC1C1CCCC21.C=C(C)C(=O)OCC. The van der Waals surface area contributed by atoms with Crippen LogP contribution in [-0.4, -0.2) is 24.6 Å². The summed E-state index contributed by atoms with van der Waals surface area (Å²) in [5.41, 5.74) is 0.984. The molecule has 134 valence electrons. The number of carbonyl (C=O) groups is 2. The smallest absolute Gasteiger partial charge is 0.333 e. The van der Waals surface area contributed by atoms with Crippen molar-refractivity contribution < 1.29 is 19.1 Å². The van der Waals surface area contributed by atoms with Crippen LogP contribution in [0, 0.1) is 23.7 Å². The van der Waals surface area contributed by atoms with Crippen molar-refractivity contribution in [3.63, 3.8) is 0 Å². The molecule has 4 heteroatoms. The van der Waals surface area contributed by atoms with Crippen LogP contribution in [0.3, 0.4) is 0 Å². The van der Waals surface area contributed by atoms with Gasteiger partial charge < -0.3 is 9.47 Å². The van der Waals surface area contributed by atoms with Gasteiger partial charge in [-0.1, -0.05) is 19.6 Å². The Balaban J connectivity index is 0.000000224. The molecule has 3 saturated carbocycles. The Kier molecular flexibility index (Phi) is 6.25. The standard InChI is InChI=1S/C14H20O2.C6H10O2/c1-8(2)14(15)16-13-7-9-6-12(13)11-5-3-4-10(9)11;1-4-8-6(7)5(2)3/h9-13H,1,3-7H2,2H3;2,4H2,1,3H3. The fourth-order valence-electron chi connectivity index (χ4n) is 4.63. The zero-order valence-corrected chi connectivity index (χ0v) is 15.2. The summed E-state index contributed by atoms with van der Waals surface area (Å²) >= 11 is 0. The van der Waals surface area contributed by atoms with E-state index in [9.17, 15) is 9.59 Å². The molecule has 0 heterocycles. The summed E-state index contributed by atoms with van der Waals surface area (Å²) in [5, 5.41) is 0. The summed E-state index contributed by atoms with van der Waals surface area (Å²) in [4.78, 5) is 22.0. The Hall–Kier alpha value is -1.58. The van der Waals surface area contributed by atoms with Gasteiger partial charge in [0.15, 0.2) is 0 Å². The van der Waals surface area contributed by atoms with Gasteiger partial charge in [0.1, 0.15) is 6.10 Å². The van der Waals surface area contributed by atoms with E-state index in [2.05, 4.69) is 17.9 Å². The van der Waals surface area contributed by atoms with Gasteiger partial charge in [-0.15, -0.1) is 0 Å². The molecule has 0 aromatic rings. The second kappa shape index (κ2) is 8.00. The zero-order chi connectivity index (χ0) is 17.9. The maximum absolute atomic E-state index is 11.5. The van der Waals surface area contributed by atoms with Crippen molar-refractivity contribution in [2.45, 2.75) is 59.0 Å². The van der Waals surface area contributed by atoms with Crippen LogP contribution in [-0.2, 0) is 19.1 Å². The van der Waals surface area contributed by atoms with E-state index in [4.69, 9.17) is 4.74 Å². The summed E-state index contributed by atoms with van der Waals surface area (Å²) in [6.07, 6.45) is 6.81. The number of esters is 2. The summed E-state index contributed by atoms with van der Waals surface area (Å²) in [5.74, 6) is 2.84. The van der Waals surface area contributed by atoms with Gasteiger partial charge in [-0.3, -0.25) is 0 Å². The first-order valence-corrected chi connectivity index (χ1v) is 9.04. The summed E-state index contributed by atoms with van der Waals surface area (Å²) in [6, 6.07) is 0. The van der Waals surface area contributed by atoms with E-state index >= 15 is 0 Å². The van der Waals surface area contributed by atoms with Crippen LogP contribution in [0.4, 0.5) is 0 Å². The van der Waals surface area contributed by atoms with Crippen molar-refractivity contribution in [2.24, 2.45) is 23.7 Å². The Morgan fingerprint density at radius 2 is 1.58 bits per heavy atom. The molecule has 3 aliphatic carbocycles. The number of carbonyl (C=O) groups excluding carboxylic acids is 2. The average molecular weight is 334 g/mol. The molecule has 0 spiro atoms. The summed E-state index contributed by atoms with van der Waals surface area (Å²) < 4.78 is 10.1. The van der Waals surface area contributed by atoms with Gasteiger partial charge in [-0.25, -0.2) is 9.59 Å². The number of hydrogen-bond donors (Lipinski definition) is 0. The largest absolute Gasteiger partial charge is 0.463 e. The van der Waals surface area contributed by atoms with Crippen molar-refractivity contribution >= 4 is 11.9 Å².